The highest BCUT2D eigenvalue weighted by molar-refractivity contribution is 5.80. The van der Waals surface area contributed by atoms with Crippen molar-refractivity contribution in [1.29, 1.82) is 0 Å². The molecule has 0 aromatic heterocycles. The smallest absolute Gasteiger partial charge is 0.194 e. The number of nitrogens with zero attached hydrogens (tertiary/aromatic N) is 3. The summed E-state index contributed by atoms with van der Waals surface area (Å²) in [6, 6.07) is 16.0. The zero-order chi connectivity index (χ0) is 21.6. The Hall–Kier alpha value is -2.73. The molecule has 1 aliphatic heterocycles. The fourth-order valence-electron chi connectivity index (χ4n) is 3.53. The van der Waals surface area contributed by atoms with E-state index in [4.69, 9.17) is 4.74 Å². The normalized spacial score (nSPS) is 15.4. The second kappa shape index (κ2) is 9.85. The number of aliphatic imine (C=N–C) groups is 1. The minimum atomic E-state index is -0.144. The Morgan fingerprint density at radius 1 is 1.03 bits per heavy atom. The molecule has 0 spiro atoms. The summed E-state index contributed by atoms with van der Waals surface area (Å²) >= 11 is 0. The van der Waals surface area contributed by atoms with Crippen molar-refractivity contribution in [2.45, 2.75) is 39.5 Å². The lowest BCUT2D eigenvalue weighted by atomic mass is 10.1. The number of anilines is 1. The van der Waals surface area contributed by atoms with E-state index >= 15 is 0 Å². The molecular weight excluding hydrogens is 376 g/mol. The molecule has 162 valence electrons. The second-order valence-corrected chi connectivity index (χ2v) is 8.58. The van der Waals surface area contributed by atoms with Gasteiger partial charge < -0.3 is 25.0 Å². The molecule has 6 heteroatoms. The van der Waals surface area contributed by atoms with E-state index in [1.807, 2.05) is 25.2 Å². The van der Waals surface area contributed by atoms with Crippen LogP contribution in [0.25, 0.3) is 0 Å². The minimum absolute atomic E-state index is 0.144. The highest BCUT2D eigenvalue weighted by Crippen LogP contribution is 2.27. The Bertz CT molecular complexity index is 852. The van der Waals surface area contributed by atoms with Gasteiger partial charge in [-0.05, 0) is 44.0 Å². The van der Waals surface area contributed by atoms with Crippen LogP contribution in [0.4, 0.5) is 5.69 Å². The molecule has 0 radical (unpaired) electrons. The number of guanidine groups is 1. The van der Waals surface area contributed by atoms with Crippen LogP contribution in [0.15, 0.2) is 53.5 Å². The third-order valence-electron chi connectivity index (χ3n) is 5.13. The molecule has 0 amide bonds. The number of benzene rings is 2. The minimum Gasteiger partial charge on any atom is -0.506 e. The summed E-state index contributed by atoms with van der Waals surface area (Å²) in [6.45, 7) is 10.9. The fourth-order valence-corrected chi connectivity index (χ4v) is 3.53. The molecule has 2 aromatic rings. The van der Waals surface area contributed by atoms with Crippen LogP contribution in [-0.2, 0) is 17.9 Å². The number of phenols is 1. The molecule has 0 bridgehead atoms. The van der Waals surface area contributed by atoms with E-state index < -0.39 is 0 Å². The van der Waals surface area contributed by atoms with Gasteiger partial charge in [-0.3, -0.25) is 4.99 Å². The molecule has 0 aliphatic carbocycles. The maximum absolute atomic E-state index is 10.1. The summed E-state index contributed by atoms with van der Waals surface area (Å²) in [4.78, 5) is 8.96. The zero-order valence-electron chi connectivity index (χ0n) is 18.6. The van der Waals surface area contributed by atoms with Crippen LogP contribution in [0.3, 0.4) is 0 Å². The number of aromatic hydroxyl groups is 1. The predicted molar refractivity (Wildman–Crippen MR) is 123 cm³/mol. The third-order valence-corrected chi connectivity index (χ3v) is 5.13. The first-order valence-corrected chi connectivity index (χ1v) is 10.6. The molecule has 1 fully saturated rings. The summed E-state index contributed by atoms with van der Waals surface area (Å²) in [7, 11) is 1.82. The van der Waals surface area contributed by atoms with Crippen molar-refractivity contribution in [3.8, 4) is 5.75 Å². The summed E-state index contributed by atoms with van der Waals surface area (Å²) < 4.78 is 5.89. The number of hydrogen-bond donors (Lipinski definition) is 2. The van der Waals surface area contributed by atoms with Crippen molar-refractivity contribution in [1.82, 2.24) is 10.2 Å². The van der Waals surface area contributed by atoms with Gasteiger partial charge in [0.15, 0.2) is 5.96 Å². The lowest BCUT2D eigenvalue weighted by Gasteiger charge is -2.37. The van der Waals surface area contributed by atoms with Crippen molar-refractivity contribution in [3.05, 3.63) is 59.7 Å². The first-order chi connectivity index (χ1) is 14.4. The van der Waals surface area contributed by atoms with E-state index in [1.165, 1.54) is 11.1 Å². The molecule has 1 saturated heterocycles. The van der Waals surface area contributed by atoms with Crippen LogP contribution in [0.2, 0.25) is 0 Å². The second-order valence-electron chi connectivity index (χ2n) is 8.58. The van der Waals surface area contributed by atoms with Crippen molar-refractivity contribution in [2.24, 2.45) is 4.99 Å². The Morgan fingerprint density at radius 3 is 2.40 bits per heavy atom. The molecular formula is C24H34N4O2. The molecule has 2 N–H and O–H groups in total. The molecule has 30 heavy (non-hydrogen) atoms. The number of phenolic OH excluding ortho intramolecular Hbond substituents is 1. The van der Waals surface area contributed by atoms with E-state index in [1.54, 1.807) is 6.07 Å². The fraction of sp³-hybridized carbons (Fsp3) is 0.458. The molecule has 0 atom stereocenters. The van der Waals surface area contributed by atoms with Gasteiger partial charge >= 0.3 is 0 Å². The Labute approximate surface area is 180 Å². The summed E-state index contributed by atoms with van der Waals surface area (Å²) in [5.74, 6) is 1.24. The SMILES string of the molecule is CN=C(NCc1cccc(COC(C)(C)C)c1)N1CCN(c2ccccc2O)CC1. The topological polar surface area (TPSA) is 60.3 Å². The average molecular weight is 411 g/mol. The van der Waals surface area contributed by atoms with Gasteiger partial charge in [0, 0.05) is 39.8 Å². The van der Waals surface area contributed by atoms with Gasteiger partial charge in [0.1, 0.15) is 5.75 Å². The standard InChI is InChI=1S/C24H34N4O2/c1-24(2,3)30-18-20-9-7-8-19(16-20)17-26-23(25-4)28-14-12-27(13-15-28)21-10-5-6-11-22(21)29/h5-11,16,29H,12-15,17-18H2,1-4H3,(H,25,26). The van der Waals surface area contributed by atoms with E-state index in [0.29, 0.717) is 12.4 Å². The van der Waals surface area contributed by atoms with Gasteiger partial charge in [0.25, 0.3) is 0 Å². The first kappa shape index (κ1) is 22.0. The molecule has 1 aliphatic rings. The van der Waals surface area contributed by atoms with Crippen LogP contribution >= 0.6 is 0 Å². The van der Waals surface area contributed by atoms with Crippen LogP contribution in [-0.4, -0.2) is 54.8 Å². The van der Waals surface area contributed by atoms with Gasteiger partial charge in [0.2, 0.25) is 0 Å². The lowest BCUT2D eigenvalue weighted by molar-refractivity contribution is -0.0149. The molecule has 0 saturated carbocycles. The van der Waals surface area contributed by atoms with E-state index in [9.17, 15) is 5.11 Å². The summed E-state index contributed by atoms with van der Waals surface area (Å²) in [5.41, 5.74) is 3.14. The molecule has 1 heterocycles. The highest BCUT2D eigenvalue weighted by atomic mass is 16.5. The van der Waals surface area contributed by atoms with E-state index in [2.05, 4.69) is 65.1 Å². The Morgan fingerprint density at radius 2 is 1.73 bits per heavy atom. The van der Waals surface area contributed by atoms with E-state index in [-0.39, 0.29) is 5.60 Å². The molecule has 2 aromatic carbocycles. The van der Waals surface area contributed by atoms with Crippen LogP contribution < -0.4 is 10.2 Å². The van der Waals surface area contributed by atoms with Crippen LogP contribution in [0.1, 0.15) is 31.9 Å². The maximum atomic E-state index is 10.1. The monoisotopic (exact) mass is 410 g/mol. The highest BCUT2D eigenvalue weighted by Gasteiger charge is 2.21. The number of nitrogens with one attached hydrogen (secondary N) is 1. The third kappa shape index (κ3) is 6.13. The van der Waals surface area contributed by atoms with Gasteiger partial charge in [-0.2, -0.15) is 0 Å². The van der Waals surface area contributed by atoms with Gasteiger partial charge in [-0.25, -0.2) is 0 Å². The van der Waals surface area contributed by atoms with Gasteiger partial charge in [-0.1, -0.05) is 36.4 Å². The number of hydrogen-bond acceptors (Lipinski definition) is 4. The lowest BCUT2D eigenvalue weighted by Crippen LogP contribution is -2.52. The summed E-state index contributed by atoms with van der Waals surface area (Å²) in [5, 5.41) is 13.6. The average Bonchev–Trinajstić information content (AvgIpc) is 2.73. The zero-order valence-corrected chi connectivity index (χ0v) is 18.6. The number of para-hydroxylation sites is 2. The van der Waals surface area contributed by atoms with Crippen molar-refractivity contribution in [3.63, 3.8) is 0 Å². The molecule has 6 nitrogen and oxygen atoms in total. The summed E-state index contributed by atoms with van der Waals surface area (Å²) in [6.07, 6.45) is 0. The quantitative estimate of drug-likeness (QED) is 0.583. The maximum Gasteiger partial charge on any atom is 0.194 e. The van der Waals surface area contributed by atoms with Gasteiger partial charge in [-0.15, -0.1) is 0 Å². The number of piperazine rings is 1. The van der Waals surface area contributed by atoms with Crippen molar-refractivity contribution in [2.75, 3.05) is 38.1 Å². The van der Waals surface area contributed by atoms with Crippen molar-refractivity contribution >= 4 is 11.6 Å². The molecule has 3 rings (SSSR count). The van der Waals surface area contributed by atoms with Gasteiger partial charge in [0.05, 0.1) is 17.9 Å². The Balaban J connectivity index is 1.53. The number of rotatable bonds is 5. The van der Waals surface area contributed by atoms with Crippen molar-refractivity contribution < 1.29 is 9.84 Å². The first-order valence-electron chi connectivity index (χ1n) is 10.6. The van der Waals surface area contributed by atoms with E-state index in [0.717, 1.165) is 44.4 Å². The predicted octanol–water partition coefficient (Wildman–Crippen LogP) is 3.60. The number of ether oxygens (including phenoxy) is 1. The Kier molecular flexibility index (Phi) is 7.21. The van der Waals surface area contributed by atoms with Crippen LogP contribution in [0.5, 0.6) is 5.75 Å². The largest absolute Gasteiger partial charge is 0.506 e. The van der Waals surface area contributed by atoms with Crippen LogP contribution in [0, 0.1) is 0 Å². The molecule has 0 unspecified atom stereocenters.